The molecule has 0 aliphatic rings. The molecule has 3 aromatic rings. The summed E-state index contributed by atoms with van der Waals surface area (Å²) in [6.45, 7) is 0. The summed E-state index contributed by atoms with van der Waals surface area (Å²) in [5, 5.41) is 8.16. The number of pyridine rings is 1. The number of hydrogen-bond donors (Lipinski definition) is 0. The zero-order valence-corrected chi connectivity index (χ0v) is 13.1. The Bertz CT molecular complexity index is 814. The predicted molar refractivity (Wildman–Crippen MR) is 83.0 cm³/mol. The molecule has 24 heavy (non-hydrogen) atoms. The normalized spacial score (nSPS) is 11.7. The van der Waals surface area contributed by atoms with Crippen molar-refractivity contribution in [3.8, 4) is 5.69 Å². The minimum Gasteiger partial charge on any atom is -0.261 e. The Morgan fingerprint density at radius 3 is 2.42 bits per heavy atom. The lowest BCUT2D eigenvalue weighted by Gasteiger charge is -2.11. The van der Waals surface area contributed by atoms with Crippen LogP contribution in [0, 0.1) is 0 Å². The number of benzene rings is 1. The number of aryl methyl sites for hydroxylation is 1. The maximum atomic E-state index is 12.6. The molecule has 0 atom stereocenters. The second-order valence-electron chi connectivity index (χ2n) is 5.16. The van der Waals surface area contributed by atoms with Gasteiger partial charge in [-0.25, -0.2) is 4.68 Å². The van der Waals surface area contributed by atoms with Gasteiger partial charge in [-0.3, -0.25) is 4.98 Å². The van der Waals surface area contributed by atoms with Gasteiger partial charge in [0.15, 0.2) is 0 Å². The molecule has 0 radical (unpaired) electrons. The van der Waals surface area contributed by atoms with Crippen LogP contribution in [0.3, 0.4) is 0 Å². The number of aromatic nitrogens is 4. The maximum absolute atomic E-state index is 12.6. The van der Waals surface area contributed by atoms with Crippen molar-refractivity contribution in [2.45, 2.75) is 19.0 Å². The van der Waals surface area contributed by atoms with Gasteiger partial charge in [0.05, 0.1) is 34.9 Å². The van der Waals surface area contributed by atoms with E-state index in [0.717, 1.165) is 23.3 Å². The molecule has 0 saturated carbocycles. The first-order valence-corrected chi connectivity index (χ1v) is 7.48. The molecule has 4 nitrogen and oxygen atoms in total. The molecule has 2 heterocycles. The van der Waals surface area contributed by atoms with Gasteiger partial charge in [-0.1, -0.05) is 28.9 Å². The molecule has 0 aliphatic carbocycles. The Hall–Kier alpha value is -2.41. The molecule has 0 spiro atoms. The van der Waals surface area contributed by atoms with Gasteiger partial charge in [-0.05, 0) is 36.1 Å². The minimum absolute atomic E-state index is 0.481. The van der Waals surface area contributed by atoms with Crippen molar-refractivity contribution < 1.29 is 13.2 Å². The Labute approximate surface area is 140 Å². The molecule has 3 rings (SSSR count). The summed E-state index contributed by atoms with van der Waals surface area (Å²) >= 11 is 6.22. The van der Waals surface area contributed by atoms with Crippen molar-refractivity contribution in [3.05, 3.63) is 70.8 Å². The van der Waals surface area contributed by atoms with Gasteiger partial charge in [0.2, 0.25) is 0 Å². The van der Waals surface area contributed by atoms with Crippen molar-refractivity contribution >= 4 is 11.6 Å². The first-order valence-electron chi connectivity index (χ1n) is 7.10. The molecule has 0 unspecified atom stereocenters. The van der Waals surface area contributed by atoms with Gasteiger partial charge >= 0.3 is 6.18 Å². The fourth-order valence-corrected chi connectivity index (χ4v) is 2.61. The van der Waals surface area contributed by atoms with Gasteiger partial charge in [-0.15, -0.1) is 5.10 Å². The molecule has 0 saturated heterocycles. The van der Waals surface area contributed by atoms with Crippen molar-refractivity contribution in [1.82, 2.24) is 20.0 Å². The molecule has 2 aromatic heterocycles. The first kappa shape index (κ1) is 16.4. The third-order valence-corrected chi connectivity index (χ3v) is 3.92. The monoisotopic (exact) mass is 352 g/mol. The van der Waals surface area contributed by atoms with Crippen LogP contribution in [0.2, 0.25) is 5.02 Å². The molecular weight excluding hydrogens is 341 g/mol. The third-order valence-electron chi connectivity index (χ3n) is 3.60. The van der Waals surface area contributed by atoms with Crippen molar-refractivity contribution in [3.63, 3.8) is 0 Å². The van der Waals surface area contributed by atoms with Crippen LogP contribution < -0.4 is 0 Å². The summed E-state index contributed by atoms with van der Waals surface area (Å²) < 4.78 is 39.3. The fraction of sp³-hybridized carbons (Fsp3) is 0.188. The summed E-state index contributed by atoms with van der Waals surface area (Å²) in [5.74, 6) is 0. The number of rotatable bonds is 4. The lowest BCUT2D eigenvalue weighted by atomic mass is 10.0. The van der Waals surface area contributed by atoms with Crippen LogP contribution in [0.1, 0.15) is 16.7 Å². The Morgan fingerprint density at radius 1 is 1.04 bits per heavy atom. The van der Waals surface area contributed by atoms with E-state index in [4.69, 9.17) is 11.6 Å². The van der Waals surface area contributed by atoms with Gasteiger partial charge in [-0.2, -0.15) is 13.2 Å². The minimum atomic E-state index is -4.33. The molecule has 1 aromatic carbocycles. The van der Waals surface area contributed by atoms with E-state index >= 15 is 0 Å². The van der Waals surface area contributed by atoms with Crippen molar-refractivity contribution in [2.24, 2.45) is 0 Å². The van der Waals surface area contributed by atoms with E-state index in [2.05, 4.69) is 15.3 Å². The molecule has 124 valence electrons. The summed E-state index contributed by atoms with van der Waals surface area (Å²) in [5.41, 5.74) is 1.65. The molecule has 0 bridgehead atoms. The zero-order chi connectivity index (χ0) is 17.2. The highest BCUT2D eigenvalue weighted by atomic mass is 35.5. The highest BCUT2D eigenvalue weighted by Crippen LogP contribution is 2.29. The number of hydrogen-bond acceptors (Lipinski definition) is 3. The van der Waals surface area contributed by atoms with E-state index in [-0.39, 0.29) is 0 Å². The molecule has 0 N–H and O–H groups in total. The van der Waals surface area contributed by atoms with Crippen molar-refractivity contribution in [1.29, 1.82) is 0 Å². The van der Waals surface area contributed by atoms with E-state index in [1.54, 1.807) is 23.3 Å². The van der Waals surface area contributed by atoms with E-state index < -0.39 is 11.7 Å². The summed E-state index contributed by atoms with van der Waals surface area (Å²) in [6.07, 6.45) is 3.14. The average Bonchev–Trinajstić information content (AvgIpc) is 3.07. The van der Waals surface area contributed by atoms with Gasteiger partial charge in [0, 0.05) is 6.20 Å². The Kier molecular flexibility index (Phi) is 4.53. The molecule has 0 aliphatic heterocycles. The number of nitrogens with zero attached hydrogens (tertiary/aromatic N) is 4. The average molecular weight is 353 g/mol. The lowest BCUT2D eigenvalue weighted by molar-refractivity contribution is -0.137. The molecule has 0 fully saturated rings. The standard InChI is InChI=1S/C16H12ClF3N4/c17-14-9-21-10-15(24-8-7-22-23-24)13(14)6-3-11-1-4-12(5-2-11)16(18,19)20/h1-2,4-5,7-10H,3,6H2. The molecular formula is C16H12ClF3N4. The summed E-state index contributed by atoms with van der Waals surface area (Å²) in [6, 6.07) is 5.13. The number of alkyl halides is 3. The largest absolute Gasteiger partial charge is 0.416 e. The van der Waals surface area contributed by atoms with Crippen LogP contribution in [0.4, 0.5) is 13.2 Å². The smallest absolute Gasteiger partial charge is 0.261 e. The highest BCUT2D eigenvalue weighted by Gasteiger charge is 2.29. The van der Waals surface area contributed by atoms with Crippen LogP contribution in [0.15, 0.2) is 49.1 Å². The van der Waals surface area contributed by atoms with Gasteiger partial charge < -0.3 is 0 Å². The zero-order valence-electron chi connectivity index (χ0n) is 12.3. The third kappa shape index (κ3) is 3.56. The summed E-state index contributed by atoms with van der Waals surface area (Å²) in [4.78, 5) is 4.05. The Balaban J connectivity index is 1.80. The van der Waals surface area contributed by atoms with Gasteiger partial charge in [0.1, 0.15) is 0 Å². The van der Waals surface area contributed by atoms with E-state index in [0.29, 0.717) is 23.6 Å². The van der Waals surface area contributed by atoms with E-state index in [1.807, 2.05) is 0 Å². The SMILES string of the molecule is FC(F)(F)c1ccc(CCc2c(Cl)cncc2-n2ccnn2)cc1. The molecule has 0 amide bonds. The molecule has 8 heteroatoms. The maximum Gasteiger partial charge on any atom is 0.416 e. The fourth-order valence-electron chi connectivity index (χ4n) is 2.36. The van der Waals surface area contributed by atoms with Crippen LogP contribution in [0.5, 0.6) is 0 Å². The summed E-state index contributed by atoms with van der Waals surface area (Å²) in [7, 11) is 0. The highest BCUT2D eigenvalue weighted by molar-refractivity contribution is 6.31. The second-order valence-corrected chi connectivity index (χ2v) is 5.57. The topological polar surface area (TPSA) is 43.6 Å². The first-order chi connectivity index (χ1) is 11.4. The second kappa shape index (κ2) is 6.60. The predicted octanol–water partition coefficient (Wildman–Crippen LogP) is 4.12. The quantitative estimate of drug-likeness (QED) is 0.709. The van der Waals surface area contributed by atoms with Crippen LogP contribution in [-0.2, 0) is 19.0 Å². The Morgan fingerprint density at radius 2 is 1.79 bits per heavy atom. The van der Waals surface area contributed by atoms with E-state index in [9.17, 15) is 13.2 Å². The van der Waals surface area contributed by atoms with E-state index in [1.165, 1.54) is 18.3 Å². The number of halogens is 4. The van der Waals surface area contributed by atoms with Crippen LogP contribution in [0.25, 0.3) is 5.69 Å². The van der Waals surface area contributed by atoms with Gasteiger partial charge in [0.25, 0.3) is 0 Å². The van der Waals surface area contributed by atoms with Crippen molar-refractivity contribution in [2.75, 3.05) is 0 Å². The lowest BCUT2D eigenvalue weighted by Crippen LogP contribution is -2.06. The van der Waals surface area contributed by atoms with Crippen LogP contribution in [-0.4, -0.2) is 20.0 Å². The van der Waals surface area contributed by atoms with Crippen LogP contribution >= 0.6 is 11.6 Å².